The van der Waals surface area contributed by atoms with Crippen molar-refractivity contribution in [2.75, 3.05) is 11.1 Å². The summed E-state index contributed by atoms with van der Waals surface area (Å²) in [5, 5.41) is 25.8. The molecule has 1 amide bonds. The molecule has 2 aromatic carbocycles. The van der Waals surface area contributed by atoms with Gasteiger partial charge >= 0.3 is 0 Å². The molecule has 3 rings (SSSR count). The summed E-state index contributed by atoms with van der Waals surface area (Å²) in [5.41, 5.74) is 1.58. The molecule has 0 radical (unpaired) electrons. The number of benzene rings is 2. The van der Waals surface area contributed by atoms with Crippen LogP contribution in [0.1, 0.15) is 5.56 Å². The third-order valence-corrected chi connectivity index (χ3v) is 4.70. The Morgan fingerprint density at radius 3 is 2.85 bits per heavy atom. The first kappa shape index (κ1) is 18.8. The van der Waals surface area contributed by atoms with E-state index in [2.05, 4.69) is 20.8 Å². The van der Waals surface area contributed by atoms with Gasteiger partial charge in [-0.25, -0.2) is 0 Å². The van der Waals surface area contributed by atoms with Crippen LogP contribution in [0.15, 0.2) is 47.6 Å². The molecule has 27 heavy (non-hydrogen) atoms. The number of tetrazole rings is 1. The van der Waals surface area contributed by atoms with Gasteiger partial charge in [0.1, 0.15) is 5.69 Å². The zero-order chi connectivity index (χ0) is 19.4. The van der Waals surface area contributed by atoms with Crippen molar-refractivity contribution in [2.45, 2.75) is 12.1 Å². The number of nitro benzene ring substituents is 1. The van der Waals surface area contributed by atoms with Crippen molar-refractivity contribution >= 4 is 40.6 Å². The number of thioether (sulfide) groups is 1. The third kappa shape index (κ3) is 4.41. The number of carbonyl (C=O) groups is 1. The fourth-order valence-electron chi connectivity index (χ4n) is 2.31. The van der Waals surface area contributed by atoms with Crippen LogP contribution < -0.4 is 5.32 Å². The van der Waals surface area contributed by atoms with E-state index in [4.69, 9.17) is 11.6 Å². The lowest BCUT2D eigenvalue weighted by molar-refractivity contribution is -0.383. The van der Waals surface area contributed by atoms with Crippen LogP contribution in [0.3, 0.4) is 0 Å². The number of hydrogen-bond acceptors (Lipinski definition) is 7. The minimum atomic E-state index is -0.586. The predicted molar refractivity (Wildman–Crippen MR) is 101 cm³/mol. The number of carbonyl (C=O) groups excluding carboxylic acids is 1. The molecule has 0 bridgehead atoms. The van der Waals surface area contributed by atoms with Gasteiger partial charge in [0.2, 0.25) is 11.1 Å². The number of nitrogens with zero attached hydrogens (tertiary/aromatic N) is 5. The lowest BCUT2D eigenvalue weighted by atomic mass is 10.2. The predicted octanol–water partition coefficient (Wildman–Crippen LogP) is 3.26. The minimum Gasteiger partial charge on any atom is -0.320 e. The highest BCUT2D eigenvalue weighted by molar-refractivity contribution is 7.99. The SMILES string of the molecule is Cc1ccccc1-n1nnnc1SCC(=O)Nc1cc(Cl)ccc1[N+](=O)[O-]. The van der Waals surface area contributed by atoms with Gasteiger partial charge in [0.25, 0.3) is 5.69 Å². The summed E-state index contributed by atoms with van der Waals surface area (Å²) in [7, 11) is 0. The number of rotatable bonds is 6. The van der Waals surface area contributed by atoms with Crippen molar-refractivity contribution in [1.82, 2.24) is 20.2 Å². The Bertz CT molecular complexity index is 1010. The molecular formula is C16H13ClN6O3S. The highest BCUT2D eigenvalue weighted by atomic mass is 35.5. The standard InChI is InChI=1S/C16H13ClN6O3S/c1-10-4-2-3-5-13(10)22-16(19-20-21-22)27-9-15(24)18-12-8-11(17)6-7-14(12)23(25)26/h2-8H,9H2,1H3,(H,18,24). The quantitative estimate of drug-likeness (QED) is 0.380. The first-order valence-corrected chi connectivity index (χ1v) is 9.03. The Balaban J connectivity index is 1.72. The van der Waals surface area contributed by atoms with E-state index in [9.17, 15) is 14.9 Å². The number of amides is 1. The Kier molecular flexibility index (Phi) is 5.67. The number of nitrogens with one attached hydrogen (secondary N) is 1. The van der Waals surface area contributed by atoms with Crippen molar-refractivity contribution in [2.24, 2.45) is 0 Å². The Morgan fingerprint density at radius 2 is 2.11 bits per heavy atom. The normalized spacial score (nSPS) is 10.6. The van der Waals surface area contributed by atoms with E-state index in [1.165, 1.54) is 22.9 Å². The largest absolute Gasteiger partial charge is 0.320 e. The molecule has 0 fully saturated rings. The molecule has 0 aliphatic carbocycles. The van der Waals surface area contributed by atoms with Crippen molar-refractivity contribution < 1.29 is 9.72 Å². The van der Waals surface area contributed by atoms with Gasteiger partial charge in [0.05, 0.1) is 16.4 Å². The summed E-state index contributed by atoms with van der Waals surface area (Å²) in [6.07, 6.45) is 0. The molecule has 0 aliphatic heterocycles. The van der Waals surface area contributed by atoms with Gasteiger partial charge in [0.15, 0.2) is 0 Å². The summed E-state index contributed by atoms with van der Waals surface area (Å²) in [6.45, 7) is 1.93. The van der Waals surface area contributed by atoms with Crippen molar-refractivity contribution in [3.05, 3.63) is 63.2 Å². The van der Waals surface area contributed by atoms with E-state index in [-0.39, 0.29) is 22.2 Å². The molecule has 11 heteroatoms. The van der Waals surface area contributed by atoms with Crippen LogP contribution in [0.2, 0.25) is 5.02 Å². The fraction of sp³-hybridized carbons (Fsp3) is 0.125. The molecule has 0 spiro atoms. The Morgan fingerprint density at radius 1 is 1.33 bits per heavy atom. The highest BCUT2D eigenvalue weighted by Crippen LogP contribution is 2.28. The zero-order valence-corrected chi connectivity index (χ0v) is 15.6. The van der Waals surface area contributed by atoms with Crippen molar-refractivity contribution in [3.8, 4) is 5.69 Å². The molecule has 3 aromatic rings. The molecule has 0 unspecified atom stereocenters. The van der Waals surface area contributed by atoms with Gasteiger partial charge < -0.3 is 5.32 Å². The fourth-order valence-corrected chi connectivity index (χ4v) is 3.16. The van der Waals surface area contributed by atoms with Crippen LogP contribution in [-0.4, -0.2) is 36.8 Å². The summed E-state index contributed by atoms with van der Waals surface area (Å²) in [5.74, 6) is -0.472. The summed E-state index contributed by atoms with van der Waals surface area (Å²) in [4.78, 5) is 22.7. The third-order valence-electron chi connectivity index (χ3n) is 3.55. The van der Waals surface area contributed by atoms with Gasteiger partial charge in [-0.15, -0.1) is 5.10 Å². The molecular weight excluding hydrogens is 392 g/mol. The van der Waals surface area contributed by atoms with Crippen molar-refractivity contribution in [1.29, 1.82) is 0 Å². The molecule has 1 heterocycles. The monoisotopic (exact) mass is 404 g/mol. The number of anilines is 1. The smallest absolute Gasteiger partial charge is 0.292 e. The molecule has 0 atom stereocenters. The lowest BCUT2D eigenvalue weighted by Crippen LogP contribution is -2.15. The average molecular weight is 405 g/mol. The first-order chi connectivity index (χ1) is 13.0. The number of aromatic nitrogens is 4. The second-order valence-corrected chi connectivity index (χ2v) is 6.79. The highest BCUT2D eigenvalue weighted by Gasteiger charge is 2.18. The maximum Gasteiger partial charge on any atom is 0.292 e. The van der Waals surface area contributed by atoms with E-state index in [0.717, 1.165) is 23.0 Å². The summed E-state index contributed by atoms with van der Waals surface area (Å²) >= 11 is 6.97. The van der Waals surface area contributed by atoms with Gasteiger partial charge in [-0.05, 0) is 41.1 Å². The molecule has 0 saturated carbocycles. The van der Waals surface area contributed by atoms with Crippen LogP contribution in [0.5, 0.6) is 0 Å². The molecule has 1 N–H and O–H groups in total. The Labute approximate surface area is 162 Å². The Hall–Kier alpha value is -2.98. The first-order valence-electron chi connectivity index (χ1n) is 7.66. The molecule has 0 saturated heterocycles. The van der Waals surface area contributed by atoms with E-state index in [1.807, 2.05) is 31.2 Å². The zero-order valence-electron chi connectivity index (χ0n) is 14.0. The molecule has 1 aromatic heterocycles. The van der Waals surface area contributed by atoms with Crippen LogP contribution in [-0.2, 0) is 4.79 Å². The van der Waals surface area contributed by atoms with Crippen LogP contribution >= 0.6 is 23.4 Å². The van der Waals surface area contributed by atoms with E-state index in [1.54, 1.807) is 0 Å². The summed E-state index contributed by atoms with van der Waals surface area (Å²) < 4.78 is 1.54. The van der Waals surface area contributed by atoms with E-state index >= 15 is 0 Å². The molecule has 0 aliphatic rings. The van der Waals surface area contributed by atoms with Gasteiger partial charge in [-0.1, -0.05) is 41.6 Å². The van der Waals surface area contributed by atoms with Crippen LogP contribution in [0, 0.1) is 17.0 Å². The molecule has 9 nitrogen and oxygen atoms in total. The number of hydrogen-bond donors (Lipinski definition) is 1. The van der Waals surface area contributed by atoms with Gasteiger partial charge in [-0.3, -0.25) is 14.9 Å². The number of nitro groups is 1. The van der Waals surface area contributed by atoms with Gasteiger partial charge in [0, 0.05) is 11.1 Å². The minimum absolute atomic E-state index is 0.0318. The molecule has 138 valence electrons. The van der Waals surface area contributed by atoms with Crippen molar-refractivity contribution in [3.63, 3.8) is 0 Å². The number of para-hydroxylation sites is 1. The second kappa shape index (κ2) is 8.14. The second-order valence-electron chi connectivity index (χ2n) is 5.42. The topological polar surface area (TPSA) is 116 Å². The van der Waals surface area contributed by atoms with Crippen LogP contribution in [0.4, 0.5) is 11.4 Å². The maximum atomic E-state index is 12.2. The lowest BCUT2D eigenvalue weighted by Gasteiger charge is -2.08. The maximum absolute atomic E-state index is 12.2. The van der Waals surface area contributed by atoms with Gasteiger partial charge in [-0.2, -0.15) is 4.68 Å². The summed E-state index contributed by atoms with van der Waals surface area (Å²) in [6, 6.07) is 11.5. The average Bonchev–Trinajstić information content (AvgIpc) is 3.08. The number of halogens is 1. The van der Waals surface area contributed by atoms with Crippen LogP contribution in [0.25, 0.3) is 5.69 Å². The van der Waals surface area contributed by atoms with E-state index in [0.29, 0.717) is 5.16 Å². The number of aryl methyl sites for hydroxylation is 1. The van der Waals surface area contributed by atoms with E-state index < -0.39 is 10.8 Å².